The first-order valence-electron chi connectivity index (χ1n) is 16.7. The van der Waals surface area contributed by atoms with Gasteiger partial charge in [0.05, 0.1) is 10.6 Å². The number of nitrogens with two attached hydrogens (primary N) is 1. The summed E-state index contributed by atoms with van der Waals surface area (Å²) < 4.78 is 12.6. The smallest absolute Gasteiger partial charge is 0.142 e. The Labute approximate surface area is 284 Å². The fourth-order valence-electron chi connectivity index (χ4n) is 6.26. The minimum Gasteiger partial charge on any atom is -0.488 e. The average molecular weight is 652 g/mol. The van der Waals surface area contributed by atoms with Crippen molar-refractivity contribution in [2.45, 2.75) is 65.7 Å². The summed E-state index contributed by atoms with van der Waals surface area (Å²) in [7, 11) is 0. The fourth-order valence-corrected chi connectivity index (χ4v) is 6.50. The van der Waals surface area contributed by atoms with Crippen LogP contribution >= 0.6 is 11.6 Å². The van der Waals surface area contributed by atoms with Crippen LogP contribution in [0, 0.1) is 25.2 Å². The predicted molar refractivity (Wildman–Crippen MR) is 190 cm³/mol. The van der Waals surface area contributed by atoms with E-state index >= 15 is 0 Å². The van der Waals surface area contributed by atoms with Crippen molar-refractivity contribution >= 4 is 11.6 Å². The summed E-state index contributed by atoms with van der Waals surface area (Å²) in [4.78, 5) is 6.75. The quantitative estimate of drug-likeness (QED) is 0.121. The van der Waals surface area contributed by atoms with Crippen molar-refractivity contribution in [2.75, 3.05) is 32.7 Å². The van der Waals surface area contributed by atoms with E-state index in [1.165, 1.54) is 79.3 Å². The third-order valence-corrected chi connectivity index (χ3v) is 9.30. The van der Waals surface area contributed by atoms with E-state index in [2.05, 4.69) is 71.5 Å². The minimum atomic E-state index is 0.255. The van der Waals surface area contributed by atoms with Crippen molar-refractivity contribution in [1.82, 2.24) is 15.2 Å². The summed E-state index contributed by atoms with van der Waals surface area (Å²) in [6.07, 6.45) is 9.51. The van der Waals surface area contributed by atoms with Crippen molar-refractivity contribution in [3.63, 3.8) is 0 Å². The summed E-state index contributed by atoms with van der Waals surface area (Å²) in [5.74, 6) is 1.19. The number of hydrogen-bond acceptors (Lipinski definition) is 7. The summed E-state index contributed by atoms with van der Waals surface area (Å²) in [5, 5.41) is 13.1. The molecule has 8 heteroatoms. The normalized spacial score (nSPS) is 13.1. The van der Waals surface area contributed by atoms with Crippen LogP contribution in [-0.4, -0.2) is 42.6 Å². The summed E-state index contributed by atoms with van der Waals surface area (Å²) in [5.41, 5.74) is 15.5. The number of unbranched alkanes of at least 4 members (excludes halogenated alkanes) is 1. The molecule has 3 aromatic carbocycles. The molecule has 47 heavy (non-hydrogen) atoms. The van der Waals surface area contributed by atoms with Gasteiger partial charge in [0.2, 0.25) is 0 Å². The number of likely N-dealkylation sites (tertiary alicyclic amines) is 1. The van der Waals surface area contributed by atoms with Crippen LogP contribution in [0.1, 0.15) is 64.6 Å². The molecule has 0 amide bonds. The standard InChI is InChI=1S/C39H46ClN5O2/c1-28-32(9-3-4-16-45-17-5-6-18-45)10-7-12-35(28)36-13-8-11-33(29(36)2)27-47-39-21-38(34(20-37(39)40)25-43-15-14-41)46-26-31-19-30(22-42)23-44-24-31/h7-8,10-13,19-21,23-24,43H,3-6,9,14-18,25-27,41H2,1-2H3. The summed E-state index contributed by atoms with van der Waals surface area (Å²) in [6, 6.07) is 20.8. The zero-order chi connectivity index (χ0) is 33.0. The molecule has 5 rings (SSSR count). The number of ether oxygens (including phenoxy) is 2. The van der Waals surface area contributed by atoms with E-state index in [1.54, 1.807) is 12.3 Å². The molecule has 1 aromatic heterocycles. The monoisotopic (exact) mass is 651 g/mol. The Kier molecular flexibility index (Phi) is 12.7. The van der Waals surface area contributed by atoms with E-state index in [0.717, 1.165) is 23.1 Å². The lowest BCUT2D eigenvalue weighted by Gasteiger charge is -2.18. The van der Waals surface area contributed by atoms with Crippen molar-refractivity contribution in [3.8, 4) is 28.7 Å². The van der Waals surface area contributed by atoms with Crippen molar-refractivity contribution in [1.29, 1.82) is 5.26 Å². The van der Waals surface area contributed by atoms with Gasteiger partial charge in [0.15, 0.2) is 0 Å². The molecule has 0 aliphatic carbocycles. The van der Waals surface area contributed by atoms with E-state index in [9.17, 15) is 5.26 Å². The van der Waals surface area contributed by atoms with Crippen LogP contribution in [0.5, 0.6) is 11.5 Å². The highest BCUT2D eigenvalue weighted by molar-refractivity contribution is 6.32. The maximum atomic E-state index is 9.25. The number of aryl methyl sites for hydroxylation is 1. The van der Waals surface area contributed by atoms with Crippen LogP contribution < -0.4 is 20.5 Å². The zero-order valence-electron chi connectivity index (χ0n) is 27.7. The van der Waals surface area contributed by atoms with E-state index in [-0.39, 0.29) is 6.61 Å². The molecule has 0 unspecified atom stereocenters. The molecular formula is C39H46ClN5O2. The number of pyridine rings is 1. The molecule has 0 radical (unpaired) electrons. The number of benzene rings is 3. The van der Waals surface area contributed by atoms with E-state index < -0.39 is 0 Å². The number of nitriles is 1. The fraction of sp³-hybridized carbons (Fsp3) is 0.385. The second kappa shape index (κ2) is 17.3. The largest absolute Gasteiger partial charge is 0.488 e. The molecule has 7 nitrogen and oxygen atoms in total. The van der Waals surface area contributed by atoms with Crippen LogP contribution in [0.3, 0.4) is 0 Å². The van der Waals surface area contributed by atoms with Gasteiger partial charge in [0, 0.05) is 49.2 Å². The Hall–Kier alpha value is -3.93. The van der Waals surface area contributed by atoms with Gasteiger partial charge in [-0.05, 0) is 111 Å². The first kappa shape index (κ1) is 34.4. The molecule has 1 saturated heterocycles. The predicted octanol–water partition coefficient (Wildman–Crippen LogP) is 7.52. The molecule has 0 bridgehead atoms. The Morgan fingerprint density at radius 3 is 2.36 bits per heavy atom. The molecular weight excluding hydrogens is 606 g/mol. The average Bonchev–Trinajstić information content (AvgIpc) is 3.61. The second-order valence-electron chi connectivity index (χ2n) is 12.3. The SMILES string of the molecule is Cc1c(CCCCN2CCCC2)cccc1-c1cccc(COc2cc(OCc3cncc(C#N)c3)c(CNCCN)cc2Cl)c1C. The number of nitrogens with one attached hydrogen (secondary N) is 1. The van der Waals surface area contributed by atoms with Gasteiger partial charge in [0.1, 0.15) is 30.8 Å². The molecule has 2 heterocycles. The van der Waals surface area contributed by atoms with Crippen LogP contribution in [0.4, 0.5) is 0 Å². The number of hydrogen-bond donors (Lipinski definition) is 2. The van der Waals surface area contributed by atoms with Gasteiger partial charge in [-0.3, -0.25) is 4.98 Å². The van der Waals surface area contributed by atoms with Gasteiger partial charge >= 0.3 is 0 Å². The number of aromatic nitrogens is 1. The molecule has 246 valence electrons. The number of halogens is 1. The highest BCUT2D eigenvalue weighted by atomic mass is 35.5. The van der Waals surface area contributed by atoms with Crippen molar-refractivity contribution in [2.24, 2.45) is 5.73 Å². The molecule has 0 atom stereocenters. The first-order chi connectivity index (χ1) is 23.0. The molecule has 1 fully saturated rings. The molecule has 0 spiro atoms. The van der Waals surface area contributed by atoms with Crippen molar-refractivity contribution in [3.05, 3.63) is 111 Å². The number of rotatable bonds is 16. The van der Waals surface area contributed by atoms with Gasteiger partial charge in [-0.2, -0.15) is 5.26 Å². The maximum absolute atomic E-state index is 9.25. The lowest BCUT2D eigenvalue weighted by atomic mass is 9.90. The van der Waals surface area contributed by atoms with Crippen LogP contribution in [-0.2, 0) is 26.2 Å². The molecule has 1 aliphatic heterocycles. The molecule has 3 N–H and O–H groups in total. The number of nitrogens with zero attached hydrogens (tertiary/aromatic N) is 3. The zero-order valence-corrected chi connectivity index (χ0v) is 28.4. The molecule has 1 aliphatic rings. The van der Waals surface area contributed by atoms with Gasteiger partial charge in [-0.1, -0.05) is 48.0 Å². The molecule has 4 aromatic rings. The Morgan fingerprint density at radius 1 is 0.894 bits per heavy atom. The van der Waals surface area contributed by atoms with E-state index in [4.69, 9.17) is 26.8 Å². The van der Waals surface area contributed by atoms with E-state index in [0.29, 0.717) is 48.3 Å². The topological polar surface area (TPSA) is 96.4 Å². The Balaban J connectivity index is 1.29. The van der Waals surface area contributed by atoms with Gasteiger partial charge in [-0.25, -0.2) is 0 Å². The lowest BCUT2D eigenvalue weighted by molar-refractivity contribution is 0.287. The summed E-state index contributed by atoms with van der Waals surface area (Å²) in [6.45, 7) is 10.5. The highest BCUT2D eigenvalue weighted by Crippen LogP contribution is 2.35. The first-order valence-corrected chi connectivity index (χ1v) is 17.1. The minimum absolute atomic E-state index is 0.255. The van der Waals surface area contributed by atoms with Gasteiger partial charge < -0.3 is 25.4 Å². The lowest BCUT2D eigenvalue weighted by Crippen LogP contribution is -2.22. The van der Waals surface area contributed by atoms with Crippen LogP contribution in [0.25, 0.3) is 11.1 Å². The van der Waals surface area contributed by atoms with Gasteiger partial charge in [0.25, 0.3) is 0 Å². The van der Waals surface area contributed by atoms with Crippen LogP contribution in [0.15, 0.2) is 67.0 Å². The third kappa shape index (κ3) is 9.33. The van der Waals surface area contributed by atoms with Gasteiger partial charge in [-0.15, -0.1) is 0 Å². The maximum Gasteiger partial charge on any atom is 0.142 e. The highest BCUT2D eigenvalue weighted by Gasteiger charge is 2.15. The van der Waals surface area contributed by atoms with Crippen molar-refractivity contribution < 1.29 is 9.47 Å². The Bertz CT molecular complexity index is 1680. The van der Waals surface area contributed by atoms with Crippen LogP contribution in [0.2, 0.25) is 5.02 Å². The molecule has 0 saturated carbocycles. The Morgan fingerprint density at radius 2 is 1.62 bits per heavy atom. The second-order valence-corrected chi connectivity index (χ2v) is 12.7. The van der Waals surface area contributed by atoms with E-state index in [1.807, 2.05) is 12.1 Å². The summed E-state index contributed by atoms with van der Waals surface area (Å²) >= 11 is 6.75. The third-order valence-electron chi connectivity index (χ3n) is 9.00.